The summed E-state index contributed by atoms with van der Waals surface area (Å²) in [5, 5.41) is 3.40. The second kappa shape index (κ2) is 6.98. The summed E-state index contributed by atoms with van der Waals surface area (Å²) in [6, 6.07) is 3.42. The van der Waals surface area contributed by atoms with E-state index in [0.29, 0.717) is 34.0 Å². The van der Waals surface area contributed by atoms with Crippen molar-refractivity contribution in [2.45, 2.75) is 26.8 Å². The highest BCUT2D eigenvalue weighted by atomic mass is 35.5. The number of benzene rings is 1. The Morgan fingerprint density at radius 2 is 1.89 bits per heavy atom. The molecule has 0 saturated heterocycles. The van der Waals surface area contributed by atoms with Gasteiger partial charge in [-0.3, -0.25) is 9.69 Å². The van der Waals surface area contributed by atoms with Crippen molar-refractivity contribution in [2.75, 3.05) is 24.1 Å². The Balaban J connectivity index is 2.78. The minimum Gasteiger partial charge on any atom is -0.399 e. The maximum absolute atomic E-state index is 12.0. The average molecular weight is 304 g/mol. The van der Waals surface area contributed by atoms with Crippen molar-refractivity contribution in [1.82, 2.24) is 4.90 Å². The minimum atomic E-state index is -0.149. The first-order valence-electron chi connectivity index (χ1n) is 6.13. The first-order valence-corrected chi connectivity index (χ1v) is 6.89. The molecule has 4 nitrogen and oxygen atoms in total. The van der Waals surface area contributed by atoms with E-state index in [1.54, 1.807) is 12.1 Å². The maximum Gasteiger partial charge on any atom is 0.238 e. The first kappa shape index (κ1) is 16.1. The number of amides is 1. The Bertz CT molecular complexity index is 440. The third kappa shape index (κ3) is 4.56. The molecule has 1 amide bonds. The van der Waals surface area contributed by atoms with Gasteiger partial charge in [-0.25, -0.2) is 0 Å². The Hall–Kier alpha value is -0.970. The molecule has 0 aliphatic heterocycles. The molecule has 1 aromatic rings. The van der Waals surface area contributed by atoms with Gasteiger partial charge in [-0.1, -0.05) is 30.1 Å². The molecule has 3 N–H and O–H groups in total. The molecule has 106 valence electrons. The monoisotopic (exact) mass is 303 g/mol. The van der Waals surface area contributed by atoms with Gasteiger partial charge in [-0.15, -0.1) is 0 Å². The number of nitrogens with one attached hydrogen (secondary N) is 1. The number of hydrogen-bond acceptors (Lipinski definition) is 3. The van der Waals surface area contributed by atoms with Crippen LogP contribution in [0.15, 0.2) is 12.1 Å². The topological polar surface area (TPSA) is 58.4 Å². The number of anilines is 2. The van der Waals surface area contributed by atoms with Crippen LogP contribution >= 0.6 is 23.2 Å². The fourth-order valence-electron chi connectivity index (χ4n) is 1.74. The van der Waals surface area contributed by atoms with E-state index in [-0.39, 0.29) is 5.91 Å². The quantitative estimate of drug-likeness (QED) is 0.821. The predicted octanol–water partition coefficient (Wildman–Crippen LogP) is 3.24. The van der Waals surface area contributed by atoms with E-state index in [2.05, 4.69) is 5.32 Å². The Morgan fingerprint density at radius 1 is 1.37 bits per heavy atom. The minimum absolute atomic E-state index is 0.149. The molecule has 0 atom stereocenters. The molecule has 0 aliphatic carbocycles. The van der Waals surface area contributed by atoms with Gasteiger partial charge in [0, 0.05) is 11.7 Å². The second-order valence-electron chi connectivity index (χ2n) is 4.56. The summed E-state index contributed by atoms with van der Waals surface area (Å²) in [6.45, 7) is 7.19. The lowest BCUT2D eigenvalue weighted by Crippen LogP contribution is -2.37. The summed E-state index contributed by atoms with van der Waals surface area (Å²) < 4.78 is 0. The normalized spacial score (nSPS) is 11.1. The summed E-state index contributed by atoms with van der Waals surface area (Å²) in [5.74, 6) is -0.149. The number of nitrogens with zero attached hydrogens (tertiary/aromatic N) is 1. The fourth-order valence-corrected chi connectivity index (χ4v) is 2.33. The van der Waals surface area contributed by atoms with Gasteiger partial charge in [-0.05, 0) is 32.5 Å². The molecule has 0 fully saturated rings. The van der Waals surface area contributed by atoms with Crippen molar-refractivity contribution < 1.29 is 4.79 Å². The molecule has 0 spiro atoms. The summed E-state index contributed by atoms with van der Waals surface area (Å²) in [4.78, 5) is 14.0. The predicted molar refractivity (Wildman–Crippen MR) is 81.9 cm³/mol. The van der Waals surface area contributed by atoms with Crippen LogP contribution in [0.5, 0.6) is 0 Å². The number of nitrogens with two attached hydrogens (primary N) is 1. The van der Waals surface area contributed by atoms with Crippen LogP contribution in [0, 0.1) is 0 Å². The summed E-state index contributed by atoms with van der Waals surface area (Å²) >= 11 is 12.0. The third-order valence-electron chi connectivity index (χ3n) is 2.81. The van der Waals surface area contributed by atoms with Crippen LogP contribution in [0.25, 0.3) is 0 Å². The largest absolute Gasteiger partial charge is 0.399 e. The molecule has 0 saturated carbocycles. The van der Waals surface area contributed by atoms with Crippen LogP contribution in [-0.2, 0) is 4.79 Å². The number of carbonyl (C=O) groups excluding carboxylic acids is 1. The van der Waals surface area contributed by atoms with Gasteiger partial charge >= 0.3 is 0 Å². The molecule has 0 unspecified atom stereocenters. The SMILES string of the molecule is CCN(CC(=O)Nc1c(Cl)cc(N)cc1Cl)C(C)C. The molecule has 19 heavy (non-hydrogen) atoms. The van der Waals surface area contributed by atoms with Gasteiger partial charge in [-0.2, -0.15) is 0 Å². The first-order chi connectivity index (χ1) is 8.85. The highest BCUT2D eigenvalue weighted by Crippen LogP contribution is 2.32. The number of nitrogen functional groups attached to an aromatic ring is 1. The van der Waals surface area contributed by atoms with Gasteiger partial charge in [0.15, 0.2) is 0 Å². The lowest BCUT2D eigenvalue weighted by atomic mass is 10.2. The van der Waals surface area contributed by atoms with Gasteiger partial charge in [0.05, 0.1) is 22.3 Å². The zero-order valence-corrected chi connectivity index (χ0v) is 12.8. The van der Waals surface area contributed by atoms with Crippen molar-refractivity contribution in [3.05, 3.63) is 22.2 Å². The van der Waals surface area contributed by atoms with Crippen LogP contribution in [0.3, 0.4) is 0 Å². The molecular weight excluding hydrogens is 285 g/mol. The molecular formula is C13H19Cl2N3O. The molecule has 1 rings (SSSR count). The Kier molecular flexibility index (Phi) is 5.91. The molecule has 0 heterocycles. The van der Waals surface area contributed by atoms with E-state index < -0.39 is 0 Å². The number of halogens is 2. The van der Waals surface area contributed by atoms with Crippen LogP contribution in [0.2, 0.25) is 10.0 Å². The van der Waals surface area contributed by atoms with E-state index in [1.165, 1.54) is 0 Å². The van der Waals surface area contributed by atoms with Crippen molar-refractivity contribution in [3.63, 3.8) is 0 Å². The van der Waals surface area contributed by atoms with E-state index in [9.17, 15) is 4.79 Å². The van der Waals surface area contributed by atoms with Gasteiger partial charge in [0.25, 0.3) is 0 Å². The molecule has 0 bridgehead atoms. The van der Waals surface area contributed by atoms with E-state index in [0.717, 1.165) is 6.54 Å². The van der Waals surface area contributed by atoms with Gasteiger partial charge < -0.3 is 11.1 Å². The molecule has 0 radical (unpaired) electrons. The highest BCUT2D eigenvalue weighted by molar-refractivity contribution is 6.40. The van der Waals surface area contributed by atoms with Gasteiger partial charge in [0.2, 0.25) is 5.91 Å². The van der Waals surface area contributed by atoms with Crippen LogP contribution in [0.1, 0.15) is 20.8 Å². The number of carbonyl (C=O) groups is 1. The molecule has 1 aromatic carbocycles. The maximum atomic E-state index is 12.0. The summed E-state index contributed by atoms with van der Waals surface area (Å²) in [7, 11) is 0. The van der Waals surface area contributed by atoms with Crippen LogP contribution in [-0.4, -0.2) is 29.9 Å². The average Bonchev–Trinajstić information content (AvgIpc) is 2.30. The smallest absolute Gasteiger partial charge is 0.238 e. The summed E-state index contributed by atoms with van der Waals surface area (Å²) in [6.07, 6.45) is 0. The van der Waals surface area contributed by atoms with Gasteiger partial charge in [0.1, 0.15) is 0 Å². The number of rotatable bonds is 5. The molecule has 0 aliphatic rings. The third-order valence-corrected chi connectivity index (χ3v) is 3.41. The van der Waals surface area contributed by atoms with Crippen molar-refractivity contribution in [1.29, 1.82) is 0 Å². The van der Waals surface area contributed by atoms with E-state index in [4.69, 9.17) is 28.9 Å². The van der Waals surface area contributed by atoms with E-state index in [1.807, 2.05) is 25.7 Å². The van der Waals surface area contributed by atoms with E-state index >= 15 is 0 Å². The Labute approximate surface area is 123 Å². The standard InChI is InChI=1S/C13H19Cl2N3O/c1-4-18(8(2)3)7-12(19)17-13-10(14)5-9(16)6-11(13)15/h5-6,8H,4,7,16H2,1-3H3,(H,17,19). The molecule has 6 heteroatoms. The lowest BCUT2D eigenvalue weighted by molar-refractivity contribution is -0.117. The zero-order chi connectivity index (χ0) is 14.6. The Morgan fingerprint density at radius 3 is 2.32 bits per heavy atom. The number of hydrogen-bond donors (Lipinski definition) is 2. The fraction of sp³-hybridized carbons (Fsp3) is 0.462. The van der Waals surface area contributed by atoms with Crippen molar-refractivity contribution in [3.8, 4) is 0 Å². The van der Waals surface area contributed by atoms with Crippen LogP contribution < -0.4 is 11.1 Å². The highest BCUT2D eigenvalue weighted by Gasteiger charge is 2.15. The van der Waals surface area contributed by atoms with Crippen molar-refractivity contribution in [2.24, 2.45) is 0 Å². The van der Waals surface area contributed by atoms with Crippen LogP contribution in [0.4, 0.5) is 11.4 Å². The zero-order valence-electron chi connectivity index (χ0n) is 11.3. The second-order valence-corrected chi connectivity index (χ2v) is 5.38. The number of likely N-dealkylation sites (N-methyl/N-ethyl adjacent to an activating group) is 1. The molecule has 0 aromatic heterocycles. The lowest BCUT2D eigenvalue weighted by Gasteiger charge is -2.24. The van der Waals surface area contributed by atoms with Crippen molar-refractivity contribution >= 4 is 40.5 Å². The summed E-state index contributed by atoms with van der Waals surface area (Å²) in [5.41, 5.74) is 6.48.